The van der Waals surface area contributed by atoms with Crippen LogP contribution in [-0.4, -0.2) is 42.5 Å². The summed E-state index contributed by atoms with van der Waals surface area (Å²) in [6.07, 6.45) is 0. The Kier molecular flexibility index (Phi) is 5.88. The highest BCUT2D eigenvalue weighted by Crippen LogP contribution is 2.26. The van der Waals surface area contributed by atoms with E-state index in [9.17, 15) is 9.59 Å². The first-order valence-corrected chi connectivity index (χ1v) is 9.13. The number of hydrogen-bond acceptors (Lipinski definition) is 4. The number of benzene rings is 2. The summed E-state index contributed by atoms with van der Waals surface area (Å²) in [5.41, 5.74) is 10.2. The van der Waals surface area contributed by atoms with Crippen LogP contribution >= 0.6 is 0 Å². The van der Waals surface area contributed by atoms with Gasteiger partial charge in [0.15, 0.2) is 0 Å². The Morgan fingerprint density at radius 2 is 1.85 bits per heavy atom. The van der Waals surface area contributed by atoms with Crippen LogP contribution in [0.15, 0.2) is 48.5 Å². The topological polar surface area (TPSA) is 87.5 Å². The minimum absolute atomic E-state index is 0.0239. The van der Waals surface area contributed by atoms with E-state index >= 15 is 0 Å². The number of amides is 3. The Bertz CT molecular complexity index is 822. The minimum Gasteiger partial charge on any atom is -0.326 e. The molecule has 2 aromatic carbocycles. The molecule has 2 atom stereocenters. The van der Waals surface area contributed by atoms with E-state index in [0.29, 0.717) is 18.8 Å². The van der Waals surface area contributed by atoms with Crippen LogP contribution in [0.25, 0.3) is 0 Å². The molecule has 0 bridgehead atoms. The molecule has 1 aliphatic heterocycles. The van der Waals surface area contributed by atoms with Crippen LogP contribution < -0.4 is 16.4 Å². The van der Waals surface area contributed by atoms with Crippen molar-refractivity contribution in [3.8, 4) is 0 Å². The van der Waals surface area contributed by atoms with E-state index < -0.39 is 6.03 Å². The zero-order valence-corrected chi connectivity index (χ0v) is 15.7. The van der Waals surface area contributed by atoms with Crippen molar-refractivity contribution in [2.45, 2.75) is 25.8 Å². The summed E-state index contributed by atoms with van der Waals surface area (Å²) < 4.78 is 0. The number of anilines is 1. The third-order valence-corrected chi connectivity index (χ3v) is 4.92. The summed E-state index contributed by atoms with van der Waals surface area (Å²) in [7, 11) is 0. The second-order valence-corrected chi connectivity index (χ2v) is 7.20. The fraction of sp³-hybridized carbons (Fsp3) is 0.333. The monoisotopic (exact) mass is 366 g/mol. The van der Waals surface area contributed by atoms with Gasteiger partial charge in [0.1, 0.15) is 0 Å². The van der Waals surface area contributed by atoms with Crippen molar-refractivity contribution in [2.75, 3.05) is 25.0 Å². The number of likely N-dealkylation sites (tertiary alicyclic amines) is 1. The minimum atomic E-state index is -0.518. The molecule has 1 heterocycles. The van der Waals surface area contributed by atoms with Gasteiger partial charge in [-0.25, -0.2) is 4.79 Å². The first kappa shape index (κ1) is 19.1. The Balaban J connectivity index is 1.51. The van der Waals surface area contributed by atoms with Gasteiger partial charge in [0.25, 0.3) is 0 Å². The number of nitrogens with one attached hydrogen (secondary N) is 2. The quantitative estimate of drug-likeness (QED) is 0.775. The maximum Gasteiger partial charge on any atom is 0.325 e. The van der Waals surface area contributed by atoms with Gasteiger partial charge in [-0.3, -0.25) is 15.0 Å². The van der Waals surface area contributed by atoms with Gasteiger partial charge < -0.3 is 11.1 Å². The second kappa shape index (κ2) is 8.33. The predicted octanol–water partition coefficient (Wildman–Crippen LogP) is 2.38. The van der Waals surface area contributed by atoms with Gasteiger partial charge in [-0.2, -0.15) is 0 Å². The van der Waals surface area contributed by atoms with E-state index in [4.69, 9.17) is 5.73 Å². The molecule has 6 heteroatoms. The van der Waals surface area contributed by atoms with Crippen molar-refractivity contribution in [1.82, 2.24) is 10.2 Å². The van der Waals surface area contributed by atoms with Crippen molar-refractivity contribution in [2.24, 2.45) is 5.73 Å². The molecule has 142 valence electrons. The second-order valence-electron chi connectivity index (χ2n) is 7.20. The molecule has 0 radical (unpaired) electrons. The first-order valence-electron chi connectivity index (χ1n) is 9.13. The lowest BCUT2D eigenvalue weighted by Crippen LogP contribution is -2.41. The summed E-state index contributed by atoms with van der Waals surface area (Å²) in [5.74, 6) is -0.138. The summed E-state index contributed by atoms with van der Waals surface area (Å²) in [6, 6.07) is 15.3. The maximum absolute atomic E-state index is 12.2. The van der Waals surface area contributed by atoms with E-state index in [1.54, 1.807) is 0 Å². The molecule has 2 aromatic rings. The van der Waals surface area contributed by atoms with Crippen molar-refractivity contribution < 1.29 is 9.59 Å². The highest BCUT2D eigenvalue weighted by Gasteiger charge is 2.32. The van der Waals surface area contributed by atoms with Crippen LogP contribution in [0.5, 0.6) is 0 Å². The molecule has 0 unspecified atom stereocenters. The molecule has 3 amide bonds. The van der Waals surface area contributed by atoms with Crippen LogP contribution in [0.4, 0.5) is 10.5 Å². The molecule has 0 saturated carbocycles. The Morgan fingerprint density at radius 1 is 1.11 bits per heavy atom. The summed E-state index contributed by atoms with van der Waals surface area (Å²) in [5, 5.41) is 5.12. The van der Waals surface area contributed by atoms with Crippen LogP contribution in [0.2, 0.25) is 0 Å². The van der Waals surface area contributed by atoms with Crippen molar-refractivity contribution in [3.63, 3.8) is 0 Å². The summed E-state index contributed by atoms with van der Waals surface area (Å²) >= 11 is 0. The number of imide groups is 1. The standard InChI is InChI=1S/C21H26N4O2/c1-14-8-9-19(15(2)10-14)23-21(27)24-20(26)13-25-11-17(18(22)12-25)16-6-4-3-5-7-16/h3-10,17-18H,11-13,22H2,1-2H3,(H2,23,24,26,27)/t17-,18+/m0/s1. The lowest BCUT2D eigenvalue weighted by atomic mass is 9.95. The lowest BCUT2D eigenvalue weighted by Gasteiger charge is -2.16. The summed E-state index contributed by atoms with van der Waals surface area (Å²) in [4.78, 5) is 26.3. The van der Waals surface area contributed by atoms with Crippen LogP contribution in [0.3, 0.4) is 0 Å². The van der Waals surface area contributed by atoms with Crippen molar-refractivity contribution in [3.05, 3.63) is 65.2 Å². The number of rotatable bonds is 4. The zero-order chi connectivity index (χ0) is 19.4. The van der Waals surface area contributed by atoms with E-state index in [2.05, 4.69) is 22.8 Å². The Hall–Kier alpha value is -2.70. The van der Waals surface area contributed by atoms with E-state index in [0.717, 1.165) is 11.1 Å². The molecule has 4 N–H and O–H groups in total. The van der Waals surface area contributed by atoms with E-state index in [1.165, 1.54) is 5.56 Å². The molecule has 27 heavy (non-hydrogen) atoms. The SMILES string of the molecule is Cc1ccc(NC(=O)NC(=O)CN2C[C@@H](N)[C@H](c3ccccc3)C2)c(C)c1. The Labute approximate surface area is 159 Å². The highest BCUT2D eigenvalue weighted by atomic mass is 16.2. The third kappa shape index (κ3) is 4.93. The number of hydrogen-bond donors (Lipinski definition) is 3. The van der Waals surface area contributed by atoms with E-state index in [1.807, 2.05) is 55.1 Å². The average Bonchev–Trinajstić information content (AvgIpc) is 2.98. The molecule has 1 saturated heterocycles. The van der Waals surface area contributed by atoms with Crippen LogP contribution in [-0.2, 0) is 4.79 Å². The highest BCUT2D eigenvalue weighted by molar-refractivity contribution is 6.02. The number of urea groups is 1. The normalized spacial score (nSPS) is 19.7. The molecule has 6 nitrogen and oxygen atoms in total. The number of carbonyl (C=O) groups excluding carboxylic acids is 2. The van der Waals surface area contributed by atoms with Gasteiger partial charge in [0, 0.05) is 30.7 Å². The molecule has 1 fully saturated rings. The van der Waals surface area contributed by atoms with Gasteiger partial charge in [0.05, 0.1) is 6.54 Å². The fourth-order valence-electron chi connectivity index (χ4n) is 3.57. The molecule has 3 rings (SSSR count). The molecular formula is C21H26N4O2. The average molecular weight is 366 g/mol. The zero-order valence-electron chi connectivity index (χ0n) is 15.7. The maximum atomic E-state index is 12.2. The van der Waals surface area contributed by atoms with Crippen molar-refractivity contribution in [1.29, 1.82) is 0 Å². The van der Waals surface area contributed by atoms with E-state index in [-0.39, 0.29) is 24.4 Å². The third-order valence-electron chi connectivity index (χ3n) is 4.92. The largest absolute Gasteiger partial charge is 0.326 e. The molecular weight excluding hydrogens is 340 g/mol. The molecule has 1 aliphatic rings. The smallest absolute Gasteiger partial charge is 0.325 e. The number of aryl methyl sites for hydroxylation is 2. The molecule has 0 aromatic heterocycles. The van der Waals surface area contributed by atoms with Crippen molar-refractivity contribution >= 4 is 17.6 Å². The Morgan fingerprint density at radius 3 is 2.56 bits per heavy atom. The summed E-state index contributed by atoms with van der Waals surface area (Å²) in [6.45, 7) is 5.39. The van der Waals surface area contributed by atoms with Crippen LogP contribution in [0.1, 0.15) is 22.6 Å². The predicted molar refractivity (Wildman–Crippen MR) is 107 cm³/mol. The number of nitrogens with zero attached hydrogens (tertiary/aromatic N) is 1. The van der Waals surface area contributed by atoms with Gasteiger partial charge in [0.2, 0.25) is 5.91 Å². The van der Waals surface area contributed by atoms with Crippen LogP contribution in [0, 0.1) is 13.8 Å². The number of nitrogens with two attached hydrogens (primary N) is 1. The lowest BCUT2D eigenvalue weighted by molar-refractivity contribution is -0.120. The number of carbonyl (C=O) groups is 2. The molecule has 0 aliphatic carbocycles. The fourth-order valence-corrected chi connectivity index (χ4v) is 3.57. The van der Waals surface area contributed by atoms with Gasteiger partial charge >= 0.3 is 6.03 Å². The first-order chi connectivity index (χ1) is 12.9. The molecule has 0 spiro atoms. The van der Waals surface area contributed by atoms with Gasteiger partial charge in [-0.1, -0.05) is 48.0 Å². The van der Waals surface area contributed by atoms with Gasteiger partial charge in [-0.05, 0) is 31.0 Å². The van der Waals surface area contributed by atoms with Gasteiger partial charge in [-0.15, -0.1) is 0 Å².